The largest absolute Gasteiger partial charge is 0.442 e. The number of aromatic amines is 1. The molecule has 9 nitrogen and oxygen atoms in total. The Labute approximate surface area is 196 Å². The Morgan fingerprint density at radius 3 is 2.88 bits per heavy atom. The van der Waals surface area contributed by atoms with Crippen LogP contribution in [-0.4, -0.2) is 60.2 Å². The third kappa shape index (κ3) is 4.10. The number of H-pyrrole nitrogens is 1. The number of nitrogens with zero attached hydrogens (tertiary/aromatic N) is 5. The second-order valence-corrected chi connectivity index (χ2v) is 9.49. The van der Waals surface area contributed by atoms with Gasteiger partial charge in [0.15, 0.2) is 17.2 Å². The van der Waals surface area contributed by atoms with Crippen LogP contribution >= 0.6 is 11.3 Å². The number of pyridine rings is 1. The van der Waals surface area contributed by atoms with Crippen LogP contribution in [0.25, 0.3) is 32.9 Å². The summed E-state index contributed by atoms with van der Waals surface area (Å²) in [6.45, 7) is 4.12. The number of fused-ring (bicyclic) bond motifs is 1. The van der Waals surface area contributed by atoms with Gasteiger partial charge in [0.05, 0.1) is 34.1 Å². The fourth-order valence-electron chi connectivity index (χ4n) is 3.91. The topological polar surface area (TPSA) is 117 Å². The van der Waals surface area contributed by atoms with E-state index in [0.29, 0.717) is 29.4 Å². The van der Waals surface area contributed by atoms with Gasteiger partial charge in [0.25, 0.3) is 0 Å². The van der Waals surface area contributed by atoms with E-state index in [4.69, 9.17) is 4.74 Å². The van der Waals surface area contributed by atoms with Crippen LogP contribution < -0.4 is 0 Å². The molecule has 1 fully saturated rings. The predicted molar refractivity (Wildman–Crippen MR) is 120 cm³/mol. The third-order valence-corrected chi connectivity index (χ3v) is 6.78. The van der Waals surface area contributed by atoms with Crippen molar-refractivity contribution in [3.05, 3.63) is 46.6 Å². The van der Waals surface area contributed by atoms with Crippen molar-refractivity contribution in [2.24, 2.45) is 0 Å². The van der Waals surface area contributed by atoms with Crippen LogP contribution in [0, 0.1) is 18.6 Å². The minimum Gasteiger partial charge on any atom is -0.442 e. The van der Waals surface area contributed by atoms with E-state index in [2.05, 4.69) is 25.4 Å². The fraction of sp³-hybridized carbons (Fsp3) is 0.318. The van der Waals surface area contributed by atoms with Crippen molar-refractivity contribution in [1.82, 2.24) is 30.3 Å². The first kappa shape index (κ1) is 22.3. The second-order valence-electron chi connectivity index (χ2n) is 8.41. The molecule has 176 valence electrons. The molecular weight excluding hydrogens is 466 g/mol. The van der Waals surface area contributed by atoms with Crippen LogP contribution in [0.1, 0.15) is 24.0 Å². The number of aromatic nitrogens is 5. The average molecular weight is 487 g/mol. The molecule has 5 rings (SSSR count). The number of carbonyl (C=O) groups excluding carboxylic acids is 1. The number of β-amino-alcohol motifs (C(OH)–C–C–N with tert-alkyl or cyclic N) is 1. The fourth-order valence-corrected chi connectivity index (χ4v) is 4.85. The first-order valence-corrected chi connectivity index (χ1v) is 11.3. The van der Waals surface area contributed by atoms with E-state index in [0.717, 1.165) is 10.9 Å². The number of hydrogen-bond donors (Lipinski definition) is 2. The molecule has 0 spiro atoms. The number of likely N-dealkylation sites (tertiary alicyclic amines) is 1. The number of carbonyl (C=O) groups is 1. The van der Waals surface area contributed by atoms with E-state index < -0.39 is 23.3 Å². The molecule has 0 saturated carbocycles. The lowest BCUT2D eigenvalue weighted by Gasteiger charge is -2.18. The minimum absolute atomic E-state index is 0.0179. The van der Waals surface area contributed by atoms with Crippen molar-refractivity contribution < 1.29 is 23.4 Å². The number of aliphatic hydroxyl groups is 1. The molecular formula is C22H20F2N6O3S. The zero-order chi connectivity index (χ0) is 24.0. The molecule has 3 aromatic heterocycles. The van der Waals surface area contributed by atoms with Gasteiger partial charge in [-0.15, -0.1) is 16.4 Å². The molecule has 0 aliphatic carbocycles. The highest BCUT2D eigenvalue weighted by Gasteiger charge is 2.34. The number of halogens is 2. The number of rotatable bonds is 4. The van der Waals surface area contributed by atoms with E-state index in [1.165, 1.54) is 16.2 Å². The molecule has 2 N–H and O–H groups in total. The molecule has 1 aromatic carbocycles. The predicted octanol–water partition coefficient (Wildman–Crippen LogP) is 3.82. The number of hydrogen-bond acceptors (Lipinski definition) is 8. The van der Waals surface area contributed by atoms with Crippen LogP contribution in [0.3, 0.4) is 0 Å². The Morgan fingerprint density at radius 2 is 2.12 bits per heavy atom. The van der Waals surface area contributed by atoms with Gasteiger partial charge >= 0.3 is 6.09 Å². The Morgan fingerprint density at radius 1 is 1.32 bits per heavy atom. The summed E-state index contributed by atoms with van der Waals surface area (Å²) >= 11 is 1.30. The zero-order valence-corrected chi connectivity index (χ0v) is 19.1. The Bertz CT molecular complexity index is 1400. The summed E-state index contributed by atoms with van der Waals surface area (Å²) < 4.78 is 34.7. The number of ether oxygens (including phenoxy) is 1. The highest BCUT2D eigenvalue weighted by Crippen LogP contribution is 2.33. The van der Waals surface area contributed by atoms with Crippen molar-refractivity contribution in [2.75, 3.05) is 13.1 Å². The first-order chi connectivity index (χ1) is 16.2. The van der Waals surface area contributed by atoms with Gasteiger partial charge in [-0.1, -0.05) is 11.3 Å². The number of aryl methyl sites for hydroxylation is 1. The maximum absolute atomic E-state index is 14.9. The minimum atomic E-state index is -0.901. The van der Waals surface area contributed by atoms with Crippen molar-refractivity contribution >= 4 is 28.5 Å². The molecule has 4 heterocycles. The zero-order valence-electron chi connectivity index (χ0n) is 18.3. The van der Waals surface area contributed by atoms with Crippen LogP contribution in [0.2, 0.25) is 0 Å². The van der Waals surface area contributed by atoms with Gasteiger partial charge < -0.3 is 14.7 Å². The molecule has 4 aromatic rings. The number of amides is 1. The number of nitrogens with one attached hydrogen (secondary N) is 1. The molecule has 1 amide bonds. The molecule has 1 atom stereocenters. The lowest BCUT2D eigenvalue weighted by Crippen LogP contribution is -2.34. The van der Waals surface area contributed by atoms with Gasteiger partial charge in [-0.2, -0.15) is 0 Å². The summed E-state index contributed by atoms with van der Waals surface area (Å²) in [6.07, 6.45) is -0.00709. The second kappa shape index (κ2) is 8.37. The van der Waals surface area contributed by atoms with Crippen LogP contribution in [0.4, 0.5) is 13.6 Å². The summed E-state index contributed by atoms with van der Waals surface area (Å²) in [7, 11) is 0. The Kier molecular flexibility index (Phi) is 5.48. The summed E-state index contributed by atoms with van der Waals surface area (Å²) in [4.78, 5) is 23.5. The SMILES string of the molecule is Cc1nc(COC(=O)N2CCC(C)(O)C2)sc1-c1cccc(-c2cc(F)c3nn[nH]c3c2F)n1. The van der Waals surface area contributed by atoms with Gasteiger partial charge in [0.2, 0.25) is 0 Å². The van der Waals surface area contributed by atoms with E-state index >= 15 is 0 Å². The van der Waals surface area contributed by atoms with E-state index in [1.54, 1.807) is 32.0 Å². The molecule has 1 aliphatic rings. The van der Waals surface area contributed by atoms with Crippen molar-refractivity contribution in [2.45, 2.75) is 32.5 Å². The van der Waals surface area contributed by atoms with Crippen LogP contribution in [0.5, 0.6) is 0 Å². The molecule has 34 heavy (non-hydrogen) atoms. The molecule has 1 saturated heterocycles. The van der Waals surface area contributed by atoms with Crippen LogP contribution in [0.15, 0.2) is 24.3 Å². The molecule has 0 bridgehead atoms. The molecule has 1 unspecified atom stereocenters. The quantitative estimate of drug-likeness (QED) is 0.450. The highest BCUT2D eigenvalue weighted by atomic mass is 32.1. The van der Waals surface area contributed by atoms with E-state index in [9.17, 15) is 18.7 Å². The lowest BCUT2D eigenvalue weighted by molar-refractivity contribution is 0.0589. The maximum Gasteiger partial charge on any atom is 0.410 e. The van der Waals surface area contributed by atoms with Gasteiger partial charge in [0.1, 0.15) is 17.1 Å². The monoisotopic (exact) mass is 486 g/mol. The third-order valence-electron chi connectivity index (χ3n) is 5.63. The summed E-state index contributed by atoms with van der Waals surface area (Å²) in [6, 6.07) is 6.08. The van der Waals surface area contributed by atoms with Crippen molar-refractivity contribution in [1.29, 1.82) is 0 Å². The maximum atomic E-state index is 14.9. The highest BCUT2D eigenvalue weighted by molar-refractivity contribution is 7.15. The van der Waals surface area contributed by atoms with Crippen molar-refractivity contribution in [3.63, 3.8) is 0 Å². The van der Waals surface area contributed by atoms with E-state index in [-0.39, 0.29) is 35.4 Å². The lowest BCUT2D eigenvalue weighted by atomic mass is 10.1. The molecule has 12 heteroatoms. The van der Waals surface area contributed by atoms with Crippen LogP contribution in [-0.2, 0) is 11.3 Å². The van der Waals surface area contributed by atoms with Gasteiger partial charge in [0, 0.05) is 12.1 Å². The van der Waals surface area contributed by atoms with Crippen molar-refractivity contribution in [3.8, 4) is 21.8 Å². The smallest absolute Gasteiger partial charge is 0.410 e. The van der Waals surface area contributed by atoms with E-state index in [1.807, 2.05) is 0 Å². The normalized spacial score (nSPS) is 18.1. The van der Waals surface area contributed by atoms with Gasteiger partial charge in [-0.05, 0) is 38.5 Å². The van der Waals surface area contributed by atoms with Gasteiger partial charge in [-0.25, -0.2) is 23.5 Å². The summed E-state index contributed by atoms with van der Waals surface area (Å²) in [5.41, 5.74) is 0.227. The molecule has 0 radical (unpaired) electrons. The number of benzene rings is 1. The standard InChI is InChI=1S/C22H20F2N6O3S/c1-11-20(34-16(25-11)9-33-21(31)30-7-6-22(2,32)10-30)15-5-3-4-14(26-15)12-8-13(23)18-19(17(12)24)28-29-27-18/h3-5,8,32H,6-7,9-10H2,1-2H3,(H,27,28,29). The van der Waals surface area contributed by atoms with Gasteiger partial charge in [-0.3, -0.25) is 5.10 Å². The first-order valence-electron chi connectivity index (χ1n) is 10.5. The average Bonchev–Trinajstić information content (AvgIpc) is 3.53. The Hall–Kier alpha value is -3.51. The number of thiazole rings is 1. The Balaban J connectivity index is 1.37. The summed E-state index contributed by atoms with van der Waals surface area (Å²) in [5, 5.41) is 20.0. The molecule has 1 aliphatic heterocycles. The summed E-state index contributed by atoms with van der Waals surface area (Å²) in [5.74, 6) is -1.40.